The van der Waals surface area contributed by atoms with Gasteiger partial charge in [-0.25, -0.2) is 9.97 Å². The SMILES string of the molecule is CNc1ccc2[nH]c(CSc3ccccc3)nc2n1. The van der Waals surface area contributed by atoms with Crippen LogP contribution in [0.25, 0.3) is 11.2 Å². The highest BCUT2D eigenvalue weighted by atomic mass is 32.2. The van der Waals surface area contributed by atoms with E-state index in [1.165, 1.54) is 4.90 Å². The highest BCUT2D eigenvalue weighted by Gasteiger charge is 2.05. The number of pyridine rings is 1. The highest BCUT2D eigenvalue weighted by Crippen LogP contribution is 2.22. The van der Waals surface area contributed by atoms with E-state index >= 15 is 0 Å². The van der Waals surface area contributed by atoms with E-state index in [1.54, 1.807) is 11.8 Å². The van der Waals surface area contributed by atoms with Crippen molar-refractivity contribution < 1.29 is 0 Å². The third-order valence-corrected chi connectivity index (χ3v) is 3.79. The van der Waals surface area contributed by atoms with Crippen LogP contribution in [0.5, 0.6) is 0 Å². The third kappa shape index (κ3) is 2.71. The van der Waals surface area contributed by atoms with Crippen LogP contribution in [0.4, 0.5) is 5.82 Å². The molecule has 0 aliphatic heterocycles. The first-order valence-corrected chi connectivity index (χ1v) is 7.05. The summed E-state index contributed by atoms with van der Waals surface area (Å²) in [6, 6.07) is 14.2. The first-order valence-electron chi connectivity index (χ1n) is 6.06. The average molecular weight is 270 g/mol. The van der Waals surface area contributed by atoms with Crippen LogP contribution < -0.4 is 5.32 Å². The molecule has 0 fully saturated rings. The lowest BCUT2D eigenvalue weighted by atomic mass is 10.4. The Morgan fingerprint density at radius 1 is 1.11 bits per heavy atom. The molecule has 0 aliphatic carbocycles. The second kappa shape index (κ2) is 5.32. The molecule has 0 saturated carbocycles. The second-order valence-corrected chi connectivity index (χ2v) is 5.15. The maximum Gasteiger partial charge on any atom is 0.179 e. The van der Waals surface area contributed by atoms with Gasteiger partial charge in [0.15, 0.2) is 5.65 Å². The van der Waals surface area contributed by atoms with E-state index < -0.39 is 0 Å². The second-order valence-electron chi connectivity index (χ2n) is 4.10. The molecule has 0 atom stereocenters. The lowest BCUT2D eigenvalue weighted by molar-refractivity contribution is 1.13. The largest absolute Gasteiger partial charge is 0.373 e. The summed E-state index contributed by atoms with van der Waals surface area (Å²) in [5.74, 6) is 2.60. The summed E-state index contributed by atoms with van der Waals surface area (Å²) in [4.78, 5) is 13.5. The van der Waals surface area contributed by atoms with Crippen molar-refractivity contribution >= 4 is 28.7 Å². The number of hydrogen-bond acceptors (Lipinski definition) is 4. The van der Waals surface area contributed by atoms with Crippen LogP contribution in [0.2, 0.25) is 0 Å². The number of nitrogens with one attached hydrogen (secondary N) is 2. The van der Waals surface area contributed by atoms with Crippen LogP contribution >= 0.6 is 11.8 Å². The Bertz CT molecular complexity index is 678. The van der Waals surface area contributed by atoms with Gasteiger partial charge in [0.05, 0.1) is 11.3 Å². The summed E-state index contributed by atoms with van der Waals surface area (Å²) < 4.78 is 0. The lowest BCUT2D eigenvalue weighted by Crippen LogP contribution is -1.91. The Morgan fingerprint density at radius 2 is 1.95 bits per heavy atom. The number of anilines is 1. The number of rotatable bonds is 4. The zero-order chi connectivity index (χ0) is 13.1. The Kier molecular flexibility index (Phi) is 3.37. The number of fused-ring (bicyclic) bond motifs is 1. The summed E-state index contributed by atoms with van der Waals surface area (Å²) in [5.41, 5.74) is 1.73. The van der Waals surface area contributed by atoms with Crippen molar-refractivity contribution in [1.29, 1.82) is 0 Å². The van der Waals surface area contributed by atoms with Crippen molar-refractivity contribution in [3.63, 3.8) is 0 Å². The van der Waals surface area contributed by atoms with Crippen molar-refractivity contribution in [3.05, 3.63) is 48.3 Å². The van der Waals surface area contributed by atoms with Crippen LogP contribution in [0, 0.1) is 0 Å². The monoisotopic (exact) mass is 270 g/mol. The molecule has 2 aromatic heterocycles. The fourth-order valence-electron chi connectivity index (χ4n) is 1.82. The van der Waals surface area contributed by atoms with E-state index in [0.29, 0.717) is 0 Å². The van der Waals surface area contributed by atoms with Gasteiger partial charge in [0, 0.05) is 11.9 Å². The van der Waals surface area contributed by atoms with Gasteiger partial charge < -0.3 is 10.3 Å². The molecule has 0 radical (unpaired) electrons. The zero-order valence-electron chi connectivity index (χ0n) is 10.6. The Morgan fingerprint density at radius 3 is 2.74 bits per heavy atom. The number of aromatic amines is 1. The van der Waals surface area contributed by atoms with E-state index in [-0.39, 0.29) is 0 Å². The molecular formula is C14H14N4S. The van der Waals surface area contributed by atoms with Gasteiger partial charge in [0.25, 0.3) is 0 Å². The molecule has 19 heavy (non-hydrogen) atoms. The molecule has 5 heteroatoms. The van der Waals surface area contributed by atoms with Gasteiger partial charge >= 0.3 is 0 Å². The topological polar surface area (TPSA) is 53.6 Å². The summed E-state index contributed by atoms with van der Waals surface area (Å²) >= 11 is 1.76. The van der Waals surface area contributed by atoms with Gasteiger partial charge in [-0.05, 0) is 24.3 Å². The van der Waals surface area contributed by atoms with E-state index in [9.17, 15) is 0 Å². The summed E-state index contributed by atoms with van der Waals surface area (Å²) in [6.45, 7) is 0. The number of nitrogens with zero attached hydrogens (tertiary/aromatic N) is 2. The fourth-order valence-corrected chi connectivity index (χ4v) is 2.61. The van der Waals surface area contributed by atoms with E-state index in [1.807, 2.05) is 37.4 Å². The first kappa shape index (κ1) is 12.0. The molecule has 3 rings (SSSR count). The van der Waals surface area contributed by atoms with E-state index in [4.69, 9.17) is 0 Å². The summed E-state index contributed by atoms with van der Waals surface area (Å²) in [6.07, 6.45) is 0. The number of aromatic nitrogens is 3. The molecule has 0 saturated heterocycles. The number of benzene rings is 1. The van der Waals surface area contributed by atoms with E-state index in [2.05, 4.69) is 32.4 Å². The zero-order valence-corrected chi connectivity index (χ0v) is 11.4. The molecular weight excluding hydrogens is 256 g/mol. The van der Waals surface area contributed by atoms with Gasteiger partial charge in [0.1, 0.15) is 11.6 Å². The molecule has 4 nitrogen and oxygen atoms in total. The summed E-state index contributed by atoms with van der Waals surface area (Å²) in [5, 5.41) is 3.02. The third-order valence-electron chi connectivity index (χ3n) is 2.77. The highest BCUT2D eigenvalue weighted by molar-refractivity contribution is 7.98. The Hall–Kier alpha value is -2.01. The standard InChI is InChI=1S/C14H14N4S/c1-15-12-8-7-11-14(17-12)18-13(16-11)9-19-10-5-3-2-4-6-10/h2-8H,9H2,1H3,(H2,15,16,17,18). The fraction of sp³-hybridized carbons (Fsp3) is 0.143. The molecule has 0 aliphatic rings. The van der Waals surface area contributed by atoms with Crippen molar-refractivity contribution in [2.75, 3.05) is 12.4 Å². The molecule has 3 aromatic rings. The Labute approximate surface area is 115 Å². The molecule has 0 amide bonds. The molecule has 2 N–H and O–H groups in total. The van der Waals surface area contributed by atoms with Crippen LogP contribution in [-0.4, -0.2) is 22.0 Å². The molecule has 1 aromatic carbocycles. The van der Waals surface area contributed by atoms with Gasteiger partial charge in [-0.2, -0.15) is 0 Å². The van der Waals surface area contributed by atoms with Gasteiger partial charge in [-0.3, -0.25) is 0 Å². The van der Waals surface area contributed by atoms with Crippen molar-refractivity contribution in [3.8, 4) is 0 Å². The predicted octanol–water partition coefficient (Wildman–Crippen LogP) is 3.29. The molecule has 2 heterocycles. The molecule has 0 spiro atoms. The minimum Gasteiger partial charge on any atom is -0.373 e. The Balaban J connectivity index is 1.78. The average Bonchev–Trinajstić information content (AvgIpc) is 2.88. The van der Waals surface area contributed by atoms with E-state index in [0.717, 1.165) is 28.6 Å². The van der Waals surface area contributed by atoms with Crippen molar-refractivity contribution in [2.24, 2.45) is 0 Å². The predicted molar refractivity (Wildman–Crippen MR) is 79.4 cm³/mol. The van der Waals surface area contributed by atoms with Crippen LogP contribution in [0.3, 0.4) is 0 Å². The normalized spacial score (nSPS) is 10.8. The van der Waals surface area contributed by atoms with Crippen LogP contribution in [0.1, 0.15) is 5.82 Å². The maximum atomic E-state index is 4.51. The lowest BCUT2D eigenvalue weighted by Gasteiger charge is -1.97. The maximum absolute atomic E-state index is 4.51. The summed E-state index contributed by atoms with van der Waals surface area (Å²) in [7, 11) is 1.85. The van der Waals surface area contributed by atoms with Gasteiger partial charge in [-0.1, -0.05) is 18.2 Å². The minimum absolute atomic E-state index is 0.760. The van der Waals surface area contributed by atoms with Gasteiger partial charge in [0.2, 0.25) is 0 Å². The first-order chi connectivity index (χ1) is 9.35. The number of thioether (sulfide) groups is 1. The number of H-pyrrole nitrogens is 1. The molecule has 0 unspecified atom stereocenters. The van der Waals surface area contributed by atoms with Gasteiger partial charge in [-0.15, -0.1) is 11.8 Å². The quantitative estimate of drug-likeness (QED) is 0.714. The minimum atomic E-state index is 0.760. The molecule has 0 bridgehead atoms. The van der Waals surface area contributed by atoms with Crippen molar-refractivity contribution in [1.82, 2.24) is 15.0 Å². The number of imidazole rings is 1. The van der Waals surface area contributed by atoms with Crippen LogP contribution in [0.15, 0.2) is 47.4 Å². The van der Waals surface area contributed by atoms with Crippen LogP contribution in [-0.2, 0) is 5.75 Å². The smallest absolute Gasteiger partial charge is 0.179 e. The number of hydrogen-bond donors (Lipinski definition) is 2. The molecule has 96 valence electrons. The van der Waals surface area contributed by atoms with Crippen molar-refractivity contribution in [2.45, 2.75) is 10.6 Å².